The third-order valence-corrected chi connectivity index (χ3v) is 8.83. The van der Waals surface area contributed by atoms with E-state index in [1.807, 2.05) is 13.8 Å². The number of methoxy groups -OCH3 is 1. The quantitative estimate of drug-likeness (QED) is 0.217. The Morgan fingerprint density at radius 2 is 1.81 bits per heavy atom. The van der Waals surface area contributed by atoms with Gasteiger partial charge in [-0.1, -0.05) is 0 Å². The number of rotatable bonds is 11. The van der Waals surface area contributed by atoms with Gasteiger partial charge in [0.25, 0.3) is 15.7 Å². The number of nitrogens with zero attached hydrogens (tertiary/aromatic N) is 4. The second-order valence-corrected chi connectivity index (χ2v) is 12.6. The number of sulfonamides is 1. The van der Waals surface area contributed by atoms with Gasteiger partial charge in [-0.2, -0.15) is 8.42 Å². The van der Waals surface area contributed by atoms with E-state index in [0.29, 0.717) is 22.8 Å². The lowest BCUT2D eigenvalue weighted by Crippen LogP contribution is -2.12. The van der Waals surface area contributed by atoms with Gasteiger partial charge < -0.3 is 14.8 Å². The molecule has 1 N–H and O–H groups in total. The maximum atomic E-state index is 12.8. The molecule has 2 aromatic carbocycles. The molecule has 0 radical (unpaired) electrons. The van der Waals surface area contributed by atoms with E-state index in [2.05, 4.69) is 19.1 Å². The average molecular weight is 538 g/mol. The monoisotopic (exact) mass is 537 g/mol. The van der Waals surface area contributed by atoms with Crippen LogP contribution in [0.2, 0.25) is 0 Å². The number of nitro groups is 1. The van der Waals surface area contributed by atoms with Gasteiger partial charge in [-0.3, -0.25) is 10.1 Å². The smallest absolute Gasteiger partial charge is 0.290 e. The number of nitro benzene ring substituents is 1. The minimum absolute atomic E-state index is 0.0419. The molecule has 1 unspecified atom stereocenters. The summed E-state index contributed by atoms with van der Waals surface area (Å²) in [5.74, 6) is 1.52. The lowest BCUT2D eigenvalue weighted by molar-refractivity contribution is -0.384. The van der Waals surface area contributed by atoms with Gasteiger partial charge in [0.15, 0.2) is 11.5 Å². The molecule has 0 aliphatic heterocycles. The van der Waals surface area contributed by atoms with E-state index < -0.39 is 24.7 Å². The molecular weight excluding hydrogens is 510 g/mol. The van der Waals surface area contributed by atoms with Crippen molar-refractivity contribution in [2.75, 3.05) is 31.0 Å². The molecule has 1 aromatic heterocycles. The zero-order valence-electron chi connectivity index (χ0n) is 20.2. The number of hydrogen-bond acceptors (Lipinski definition) is 10. The zero-order valence-corrected chi connectivity index (χ0v) is 21.8. The van der Waals surface area contributed by atoms with Crippen LogP contribution in [0.5, 0.6) is 11.5 Å². The highest BCUT2D eigenvalue weighted by molar-refractivity contribution is 8.02. The number of fused-ring (bicyclic) bond motifs is 1. The molecule has 0 bridgehead atoms. The highest BCUT2D eigenvalue weighted by Crippen LogP contribution is 2.34. The molecule has 0 saturated heterocycles. The Hall–Kier alpha value is -3.52. The van der Waals surface area contributed by atoms with Gasteiger partial charge in [-0.15, -0.1) is 3.77 Å². The molecule has 1 heterocycles. The van der Waals surface area contributed by atoms with Crippen LogP contribution in [-0.2, 0) is 19.8 Å². The summed E-state index contributed by atoms with van der Waals surface area (Å²) in [6.07, 6.45) is 2.94. The summed E-state index contributed by atoms with van der Waals surface area (Å²) in [7, 11) is -5.87. The maximum absolute atomic E-state index is 12.8. The third-order valence-electron chi connectivity index (χ3n) is 4.87. The first kappa shape index (κ1) is 27.1. The van der Waals surface area contributed by atoms with Gasteiger partial charge in [-0.25, -0.2) is 14.2 Å². The minimum atomic E-state index is -4.25. The van der Waals surface area contributed by atoms with Crippen LogP contribution < -0.4 is 14.8 Å². The number of anilines is 1. The van der Waals surface area contributed by atoms with Crippen LogP contribution in [0.4, 0.5) is 11.5 Å². The molecule has 0 saturated carbocycles. The molecule has 3 rings (SSSR count). The molecule has 36 heavy (non-hydrogen) atoms. The van der Waals surface area contributed by atoms with Gasteiger partial charge in [0.1, 0.15) is 12.1 Å². The molecule has 1 atom stereocenters. The standard InChI is InChI=1S/C22H27N5O7S2/c1-15(2)25-22-18-12-20(33-3)21(13-19(18)23-14-24-22)34-10-5-11-35(4,30)26-36(31,32)17-8-6-16(7-9-17)27(28)29/h6-9,12-15H,5,10-11H2,1-4H3,(H,23,24,25). The molecule has 14 heteroatoms. The summed E-state index contributed by atoms with van der Waals surface area (Å²) in [6.45, 7) is 4.12. The largest absolute Gasteiger partial charge is 0.493 e. The minimum Gasteiger partial charge on any atom is -0.493 e. The van der Waals surface area contributed by atoms with Gasteiger partial charge in [0.05, 0.1) is 38.8 Å². The first-order valence-corrected chi connectivity index (χ1v) is 14.4. The van der Waals surface area contributed by atoms with Crippen molar-refractivity contribution < 1.29 is 27.0 Å². The summed E-state index contributed by atoms with van der Waals surface area (Å²) >= 11 is 0. The fraction of sp³-hybridized carbons (Fsp3) is 0.364. The summed E-state index contributed by atoms with van der Waals surface area (Å²) in [4.78, 5) is 18.4. The summed E-state index contributed by atoms with van der Waals surface area (Å²) in [5, 5.41) is 14.8. The van der Waals surface area contributed by atoms with Crippen molar-refractivity contribution in [3.63, 3.8) is 0 Å². The van der Waals surface area contributed by atoms with E-state index >= 15 is 0 Å². The SMILES string of the molecule is COc1cc2c(NC(C)C)ncnc2cc1OCCCS(C)(=O)=NS(=O)(=O)c1ccc([N+](=O)[O-])cc1. The van der Waals surface area contributed by atoms with Gasteiger partial charge in [0, 0.05) is 41.6 Å². The number of hydrogen-bond donors (Lipinski definition) is 1. The zero-order chi connectivity index (χ0) is 26.5. The maximum Gasteiger partial charge on any atom is 0.290 e. The van der Waals surface area contributed by atoms with Gasteiger partial charge in [0.2, 0.25) is 0 Å². The van der Waals surface area contributed by atoms with Crippen molar-refractivity contribution in [2.24, 2.45) is 3.77 Å². The number of ether oxygens (including phenoxy) is 2. The average Bonchev–Trinajstić information content (AvgIpc) is 2.80. The van der Waals surface area contributed by atoms with Crippen LogP contribution in [0.3, 0.4) is 0 Å². The first-order chi connectivity index (χ1) is 16.9. The van der Waals surface area contributed by atoms with Crippen molar-refractivity contribution >= 4 is 42.2 Å². The fourth-order valence-corrected chi connectivity index (χ4v) is 6.70. The lowest BCUT2D eigenvalue weighted by Gasteiger charge is -2.15. The second kappa shape index (κ2) is 11.0. The summed E-state index contributed by atoms with van der Waals surface area (Å²) in [5.41, 5.74) is 0.388. The molecule has 12 nitrogen and oxygen atoms in total. The molecule has 0 aliphatic carbocycles. The normalized spacial score (nSPS) is 13.2. The number of nitrogens with one attached hydrogen (secondary N) is 1. The van der Waals surface area contributed by atoms with E-state index in [4.69, 9.17) is 9.47 Å². The van der Waals surface area contributed by atoms with Crippen LogP contribution in [0.1, 0.15) is 20.3 Å². The highest BCUT2D eigenvalue weighted by atomic mass is 32.3. The second-order valence-electron chi connectivity index (χ2n) is 8.21. The van der Waals surface area contributed by atoms with Gasteiger partial charge in [-0.05, 0) is 38.5 Å². The van der Waals surface area contributed by atoms with Crippen LogP contribution in [0, 0.1) is 10.1 Å². The predicted molar refractivity (Wildman–Crippen MR) is 137 cm³/mol. The first-order valence-electron chi connectivity index (χ1n) is 10.8. The molecular formula is C22H27N5O7S2. The Morgan fingerprint density at radius 3 is 2.42 bits per heavy atom. The van der Waals surface area contributed by atoms with E-state index in [1.165, 1.54) is 19.7 Å². The summed E-state index contributed by atoms with van der Waals surface area (Å²) < 4.78 is 52.7. The van der Waals surface area contributed by atoms with E-state index in [-0.39, 0.29) is 35.4 Å². The molecule has 0 fully saturated rings. The summed E-state index contributed by atoms with van der Waals surface area (Å²) in [6, 6.07) is 7.89. The fourth-order valence-electron chi connectivity index (χ4n) is 3.26. The Kier molecular flexibility index (Phi) is 8.30. The molecule has 0 amide bonds. The number of non-ortho nitro benzene ring substituents is 1. The molecule has 3 aromatic rings. The third kappa shape index (κ3) is 6.79. The van der Waals surface area contributed by atoms with E-state index in [1.54, 1.807) is 12.1 Å². The molecule has 0 spiro atoms. The number of aromatic nitrogens is 2. The van der Waals surface area contributed by atoms with Crippen LogP contribution >= 0.6 is 0 Å². The van der Waals surface area contributed by atoms with Crippen LogP contribution in [-0.4, -0.2) is 59.3 Å². The molecule has 0 aliphatic rings. The van der Waals surface area contributed by atoms with Crippen molar-refractivity contribution in [3.8, 4) is 11.5 Å². The Bertz CT molecular complexity index is 1480. The Balaban J connectivity index is 1.70. The van der Waals surface area contributed by atoms with Crippen molar-refractivity contribution in [3.05, 3.63) is 52.8 Å². The van der Waals surface area contributed by atoms with Crippen molar-refractivity contribution in [2.45, 2.75) is 31.2 Å². The Labute approximate surface area is 209 Å². The van der Waals surface area contributed by atoms with Crippen molar-refractivity contribution in [1.82, 2.24) is 9.97 Å². The van der Waals surface area contributed by atoms with Crippen LogP contribution in [0.15, 0.2) is 51.4 Å². The Morgan fingerprint density at radius 1 is 1.11 bits per heavy atom. The van der Waals surface area contributed by atoms with E-state index in [0.717, 1.165) is 29.7 Å². The van der Waals surface area contributed by atoms with E-state index in [9.17, 15) is 22.7 Å². The van der Waals surface area contributed by atoms with Crippen LogP contribution in [0.25, 0.3) is 10.9 Å². The van der Waals surface area contributed by atoms with Crippen molar-refractivity contribution in [1.29, 1.82) is 0 Å². The van der Waals surface area contributed by atoms with Gasteiger partial charge >= 0.3 is 0 Å². The topological polar surface area (TPSA) is 163 Å². The predicted octanol–water partition coefficient (Wildman–Crippen LogP) is 3.62. The lowest BCUT2D eigenvalue weighted by atomic mass is 10.2. The number of benzene rings is 2. The molecule has 194 valence electrons. The highest BCUT2D eigenvalue weighted by Gasteiger charge is 2.18.